The summed E-state index contributed by atoms with van der Waals surface area (Å²) in [6.45, 7) is 7.33. The van der Waals surface area contributed by atoms with Crippen molar-refractivity contribution in [1.29, 1.82) is 0 Å². The van der Waals surface area contributed by atoms with E-state index in [0.717, 1.165) is 56.9 Å². The number of hydrogen-bond acceptors (Lipinski definition) is 7. The molecule has 2 atom stereocenters. The maximum atomic E-state index is 13.4. The maximum absolute atomic E-state index is 13.4. The largest absolute Gasteiger partial charge is 0.493 e. The third kappa shape index (κ3) is 6.22. The molecule has 38 heavy (non-hydrogen) atoms. The summed E-state index contributed by atoms with van der Waals surface area (Å²) < 4.78 is 17.6. The van der Waals surface area contributed by atoms with E-state index in [1.54, 1.807) is 18.2 Å². The second-order valence-electron chi connectivity index (χ2n) is 10.3. The number of carbonyl (C=O) groups excluding carboxylic acids is 2. The fraction of sp³-hybridized carbons (Fsp3) is 0.517. The monoisotopic (exact) mass is 522 g/mol. The minimum absolute atomic E-state index is 0.166. The quantitative estimate of drug-likeness (QED) is 0.637. The van der Waals surface area contributed by atoms with E-state index in [4.69, 9.17) is 14.2 Å². The molecular formula is C29H38N4O5. The number of fused-ring (bicyclic) bond motifs is 7. The zero-order chi connectivity index (χ0) is 26.5. The Morgan fingerprint density at radius 2 is 1.84 bits per heavy atom. The van der Waals surface area contributed by atoms with Gasteiger partial charge in [-0.05, 0) is 74.8 Å². The van der Waals surface area contributed by atoms with Crippen LogP contribution in [-0.2, 0) is 11.3 Å². The number of rotatable bonds is 4. The van der Waals surface area contributed by atoms with Gasteiger partial charge in [0, 0.05) is 31.2 Å². The predicted molar refractivity (Wildman–Crippen MR) is 144 cm³/mol. The van der Waals surface area contributed by atoms with Gasteiger partial charge in [-0.25, -0.2) is 0 Å². The molecule has 0 aliphatic carbocycles. The van der Waals surface area contributed by atoms with Crippen molar-refractivity contribution in [1.82, 2.24) is 20.4 Å². The van der Waals surface area contributed by atoms with Crippen LogP contribution in [0.15, 0.2) is 42.5 Å². The summed E-state index contributed by atoms with van der Waals surface area (Å²) >= 11 is 0. The first kappa shape index (κ1) is 26.3. The Bertz CT molecular complexity index is 1120. The van der Waals surface area contributed by atoms with Gasteiger partial charge in [-0.2, -0.15) is 0 Å². The van der Waals surface area contributed by atoms with Crippen LogP contribution in [-0.4, -0.2) is 86.2 Å². The standard InChI is InChI=1S/C29H38N4O5/c1-3-12-32-13-10-22(11-14-32)33-17-24-27(18-33)38-23-7-4-20(5-8-23)16-30-28(34)19-37-26-15-21(29(35)31-24)6-9-25(26)36-2/h4-9,15,22,24,27H,3,10-14,16-19H2,1-2H3,(H,30,34)(H,31,35)/t24-,27-/m0/s1. The fourth-order valence-electron chi connectivity index (χ4n) is 5.62. The molecule has 0 aromatic heterocycles. The maximum Gasteiger partial charge on any atom is 0.258 e. The second-order valence-corrected chi connectivity index (χ2v) is 10.3. The minimum atomic E-state index is -0.262. The van der Waals surface area contributed by atoms with E-state index >= 15 is 0 Å². The molecule has 204 valence electrons. The first-order valence-electron chi connectivity index (χ1n) is 13.6. The number of ether oxygens (including phenoxy) is 3. The van der Waals surface area contributed by atoms with Crippen LogP contribution in [0, 0.1) is 0 Å². The van der Waals surface area contributed by atoms with Crippen LogP contribution < -0.4 is 24.8 Å². The van der Waals surface area contributed by atoms with Crippen LogP contribution in [0.25, 0.3) is 0 Å². The number of methoxy groups -OCH3 is 1. The van der Waals surface area contributed by atoms with E-state index in [0.29, 0.717) is 29.6 Å². The first-order valence-corrected chi connectivity index (χ1v) is 13.6. The van der Waals surface area contributed by atoms with Crippen molar-refractivity contribution in [2.45, 2.75) is 50.9 Å². The highest BCUT2D eigenvalue weighted by Crippen LogP contribution is 2.29. The molecule has 4 bridgehead atoms. The summed E-state index contributed by atoms with van der Waals surface area (Å²) in [7, 11) is 1.53. The van der Waals surface area contributed by atoms with E-state index in [2.05, 4.69) is 27.4 Å². The number of likely N-dealkylation sites (tertiary alicyclic amines) is 2. The molecule has 0 radical (unpaired) electrons. The molecular weight excluding hydrogens is 484 g/mol. The minimum Gasteiger partial charge on any atom is -0.493 e. The van der Waals surface area contributed by atoms with E-state index in [-0.39, 0.29) is 30.6 Å². The first-order chi connectivity index (χ1) is 18.5. The third-order valence-electron chi connectivity index (χ3n) is 7.71. The Morgan fingerprint density at radius 3 is 2.58 bits per heavy atom. The molecule has 9 heteroatoms. The Morgan fingerprint density at radius 1 is 1.05 bits per heavy atom. The van der Waals surface area contributed by atoms with Crippen LogP contribution in [0.5, 0.6) is 17.2 Å². The summed E-state index contributed by atoms with van der Waals surface area (Å²) in [5.74, 6) is 1.10. The van der Waals surface area contributed by atoms with E-state index in [1.807, 2.05) is 24.3 Å². The summed E-state index contributed by atoms with van der Waals surface area (Å²) in [5.41, 5.74) is 1.41. The van der Waals surface area contributed by atoms with Gasteiger partial charge < -0.3 is 29.7 Å². The number of amides is 2. The Kier molecular flexibility index (Phi) is 8.34. The molecule has 2 aromatic carbocycles. The highest BCUT2D eigenvalue weighted by molar-refractivity contribution is 5.95. The van der Waals surface area contributed by atoms with Crippen LogP contribution in [0.4, 0.5) is 0 Å². The molecule has 2 aromatic rings. The van der Waals surface area contributed by atoms with Gasteiger partial charge in [0.05, 0.1) is 13.2 Å². The van der Waals surface area contributed by atoms with Gasteiger partial charge in [0.25, 0.3) is 11.8 Å². The number of nitrogens with one attached hydrogen (secondary N) is 2. The lowest BCUT2D eigenvalue weighted by Gasteiger charge is -2.36. The molecule has 2 amide bonds. The summed E-state index contributed by atoms with van der Waals surface area (Å²) in [6, 6.07) is 13.1. The van der Waals surface area contributed by atoms with Crippen LogP contribution in [0.1, 0.15) is 42.1 Å². The Balaban J connectivity index is 1.38. The predicted octanol–water partition coefficient (Wildman–Crippen LogP) is 2.44. The highest BCUT2D eigenvalue weighted by Gasteiger charge is 2.39. The number of benzene rings is 2. The zero-order valence-electron chi connectivity index (χ0n) is 22.3. The van der Waals surface area contributed by atoms with Crippen molar-refractivity contribution in [2.24, 2.45) is 0 Å². The van der Waals surface area contributed by atoms with Crippen LogP contribution in [0.2, 0.25) is 0 Å². The topological polar surface area (TPSA) is 92.4 Å². The average molecular weight is 523 g/mol. The molecule has 2 saturated heterocycles. The molecule has 0 saturated carbocycles. The lowest BCUT2D eigenvalue weighted by molar-refractivity contribution is -0.123. The van der Waals surface area contributed by atoms with E-state index in [1.165, 1.54) is 13.5 Å². The molecule has 6 rings (SSSR count). The SMILES string of the molecule is CCCN1CCC(N2C[C@@H]3NC(=O)c4ccc(OC)c(c4)OCC(=O)NCc4ccc(cc4)O[C@H]3C2)CC1. The van der Waals surface area contributed by atoms with Gasteiger partial charge in [-0.1, -0.05) is 19.1 Å². The third-order valence-corrected chi connectivity index (χ3v) is 7.71. The number of piperidine rings is 1. The molecule has 4 heterocycles. The van der Waals surface area contributed by atoms with Crippen molar-refractivity contribution in [3.8, 4) is 17.2 Å². The van der Waals surface area contributed by atoms with Crippen LogP contribution in [0.3, 0.4) is 0 Å². The summed E-state index contributed by atoms with van der Waals surface area (Å²) in [5, 5.41) is 6.09. The van der Waals surface area contributed by atoms with Crippen molar-refractivity contribution >= 4 is 11.8 Å². The molecule has 4 aliphatic heterocycles. The highest BCUT2D eigenvalue weighted by atomic mass is 16.5. The smallest absolute Gasteiger partial charge is 0.258 e. The van der Waals surface area contributed by atoms with Crippen LogP contribution >= 0.6 is 0 Å². The van der Waals surface area contributed by atoms with Gasteiger partial charge in [-0.3, -0.25) is 14.5 Å². The number of carbonyl (C=O) groups is 2. The van der Waals surface area contributed by atoms with Crippen molar-refractivity contribution in [2.75, 3.05) is 46.4 Å². The molecule has 2 fully saturated rings. The Labute approximate surface area is 224 Å². The van der Waals surface area contributed by atoms with Crippen molar-refractivity contribution < 1.29 is 23.8 Å². The summed E-state index contributed by atoms with van der Waals surface area (Å²) in [6.07, 6.45) is 3.27. The van der Waals surface area contributed by atoms with E-state index < -0.39 is 0 Å². The molecule has 0 spiro atoms. The van der Waals surface area contributed by atoms with Gasteiger partial charge in [-0.15, -0.1) is 0 Å². The molecule has 9 nitrogen and oxygen atoms in total. The lowest BCUT2D eigenvalue weighted by Crippen LogP contribution is -2.46. The normalized spacial score (nSPS) is 23.5. The van der Waals surface area contributed by atoms with Crippen molar-refractivity contribution in [3.63, 3.8) is 0 Å². The summed E-state index contributed by atoms with van der Waals surface area (Å²) in [4.78, 5) is 30.8. The van der Waals surface area contributed by atoms with Crippen molar-refractivity contribution in [3.05, 3.63) is 53.6 Å². The van der Waals surface area contributed by atoms with Gasteiger partial charge in [0.15, 0.2) is 18.1 Å². The van der Waals surface area contributed by atoms with Gasteiger partial charge >= 0.3 is 0 Å². The number of hydrogen-bond donors (Lipinski definition) is 2. The fourth-order valence-corrected chi connectivity index (χ4v) is 5.62. The lowest BCUT2D eigenvalue weighted by atomic mass is 10.0. The zero-order valence-corrected chi connectivity index (χ0v) is 22.3. The van der Waals surface area contributed by atoms with Gasteiger partial charge in [0.2, 0.25) is 0 Å². The molecule has 0 unspecified atom stereocenters. The molecule has 4 aliphatic rings. The molecule has 2 N–H and O–H groups in total. The Hall–Kier alpha value is -3.30. The second kappa shape index (κ2) is 12.0. The average Bonchev–Trinajstić information content (AvgIpc) is 3.33. The number of nitrogens with zero attached hydrogens (tertiary/aromatic N) is 2. The van der Waals surface area contributed by atoms with Gasteiger partial charge in [0.1, 0.15) is 11.9 Å². The van der Waals surface area contributed by atoms with E-state index in [9.17, 15) is 9.59 Å².